The third-order valence-electron chi connectivity index (χ3n) is 4.04. The van der Waals surface area contributed by atoms with Crippen LogP contribution in [0.15, 0.2) is 24.5 Å². The van der Waals surface area contributed by atoms with Gasteiger partial charge in [0.25, 0.3) is 0 Å². The van der Waals surface area contributed by atoms with Crippen LogP contribution in [-0.2, 0) is 33.7 Å². The molecule has 2 heterocycles. The highest BCUT2D eigenvalue weighted by atomic mass is 32.1. The number of esters is 1. The maximum absolute atomic E-state index is 12.3. The zero-order chi connectivity index (χ0) is 18.5. The summed E-state index contributed by atoms with van der Waals surface area (Å²) in [7, 11) is 0. The number of pyridine rings is 1. The van der Waals surface area contributed by atoms with Crippen LogP contribution in [0.2, 0.25) is 0 Å². The van der Waals surface area contributed by atoms with Crippen LogP contribution in [0.4, 0.5) is 5.00 Å². The molecule has 0 fully saturated rings. The summed E-state index contributed by atoms with van der Waals surface area (Å²) in [6.07, 6.45) is 5.86. The van der Waals surface area contributed by atoms with Gasteiger partial charge in [0, 0.05) is 23.8 Å². The summed E-state index contributed by atoms with van der Waals surface area (Å²) >= 11 is 1.34. The number of thiophene rings is 1. The Morgan fingerprint density at radius 3 is 2.69 bits per heavy atom. The number of hydrogen-bond donors (Lipinski definition) is 2. The molecule has 0 saturated carbocycles. The second-order valence-electron chi connectivity index (χ2n) is 5.77. The van der Waals surface area contributed by atoms with Gasteiger partial charge in [0.05, 0.1) is 12.2 Å². The van der Waals surface area contributed by atoms with E-state index in [0.29, 0.717) is 10.6 Å². The summed E-state index contributed by atoms with van der Waals surface area (Å²) in [5, 5.41) is 5.51. The van der Waals surface area contributed by atoms with Crippen LogP contribution >= 0.6 is 11.3 Å². The minimum absolute atomic E-state index is 0.223. The molecule has 2 aromatic heterocycles. The van der Waals surface area contributed by atoms with Crippen LogP contribution in [-0.4, -0.2) is 29.4 Å². The number of anilines is 1. The molecule has 2 amide bonds. The number of aromatic nitrogens is 1. The number of carbonyl (C=O) groups excluding carboxylic acids is 3. The van der Waals surface area contributed by atoms with Crippen LogP contribution in [0.25, 0.3) is 0 Å². The fourth-order valence-corrected chi connectivity index (χ4v) is 4.11. The average molecular weight is 373 g/mol. The Morgan fingerprint density at radius 2 is 1.96 bits per heavy atom. The van der Waals surface area contributed by atoms with E-state index in [1.165, 1.54) is 11.3 Å². The number of carbonyl (C=O) groups is 3. The largest absolute Gasteiger partial charge is 0.462 e. The number of amides is 2. The lowest BCUT2D eigenvalue weighted by molar-refractivity contribution is -0.136. The quantitative estimate of drug-likeness (QED) is 0.618. The van der Waals surface area contributed by atoms with Crippen molar-refractivity contribution in [2.45, 2.75) is 32.7 Å². The fraction of sp³-hybridized carbons (Fsp3) is 0.333. The van der Waals surface area contributed by atoms with Crippen LogP contribution in [0, 0.1) is 0 Å². The Bertz CT molecular complexity index is 832. The van der Waals surface area contributed by atoms with Gasteiger partial charge in [0.15, 0.2) is 0 Å². The highest BCUT2D eigenvalue weighted by Gasteiger charge is 2.29. The van der Waals surface area contributed by atoms with E-state index in [2.05, 4.69) is 15.6 Å². The summed E-state index contributed by atoms with van der Waals surface area (Å²) in [5.74, 6) is -2.02. The molecule has 8 heteroatoms. The number of ether oxygens (including phenoxy) is 1. The molecule has 0 atom stereocenters. The molecule has 1 aliphatic carbocycles. The molecule has 3 rings (SSSR count). The molecular formula is C18H19N3O4S. The lowest BCUT2D eigenvalue weighted by Crippen LogP contribution is -2.35. The Morgan fingerprint density at radius 1 is 1.19 bits per heavy atom. The highest BCUT2D eigenvalue weighted by Crippen LogP contribution is 2.39. The van der Waals surface area contributed by atoms with Crippen LogP contribution in [0.5, 0.6) is 0 Å². The third-order valence-corrected chi connectivity index (χ3v) is 5.24. The Balaban J connectivity index is 1.69. The molecule has 0 bridgehead atoms. The number of fused-ring (bicyclic) bond motifs is 1. The highest BCUT2D eigenvalue weighted by molar-refractivity contribution is 7.17. The molecule has 0 spiro atoms. The molecule has 1 aliphatic rings. The first-order chi connectivity index (χ1) is 12.6. The Kier molecular flexibility index (Phi) is 5.62. The molecule has 0 radical (unpaired) electrons. The van der Waals surface area contributed by atoms with E-state index < -0.39 is 17.8 Å². The van der Waals surface area contributed by atoms with Crippen molar-refractivity contribution < 1.29 is 19.1 Å². The zero-order valence-corrected chi connectivity index (χ0v) is 15.1. The third kappa shape index (κ3) is 3.91. The van der Waals surface area contributed by atoms with Gasteiger partial charge in [-0.3, -0.25) is 14.6 Å². The first kappa shape index (κ1) is 18.1. The molecular weight excluding hydrogens is 354 g/mol. The lowest BCUT2D eigenvalue weighted by atomic mass is 10.1. The number of rotatable bonds is 5. The van der Waals surface area contributed by atoms with Gasteiger partial charge >= 0.3 is 17.8 Å². The zero-order valence-electron chi connectivity index (χ0n) is 14.3. The summed E-state index contributed by atoms with van der Waals surface area (Å²) in [6.45, 7) is 2.21. The summed E-state index contributed by atoms with van der Waals surface area (Å²) in [4.78, 5) is 41.5. The van der Waals surface area contributed by atoms with Crippen molar-refractivity contribution in [1.29, 1.82) is 0 Å². The first-order valence-electron chi connectivity index (χ1n) is 8.40. The van der Waals surface area contributed by atoms with Crippen molar-refractivity contribution in [3.05, 3.63) is 46.1 Å². The number of nitrogens with zero attached hydrogens (tertiary/aromatic N) is 1. The number of nitrogens with one attached hydrogen (secondary N) is 2. The van der Waals surface area contributed by atoms with Crippen molar-refractivity contribution in [2.75, 3.05) is 11.9 Å². The van der Waals surface area contributed by atoms with Gasteiger partial charge in [-0.25, -0.2) is 4.79 Å². The first-order valence-corrected chi connectivity index (χ1v) is 9.21. The predicted molar refractivity (Wildman–Crippen MR) is 97.0 cm³/mol. The monoisotopic (exact) mass is 373 g/mol. The topological polar surface area (TPSA) is 97.4 Å². The molecule has 0 unspecified atom stereocenters. The smallest absolute Gasteiger partial charge is 0.341 e. The van der Waals surface area contributed by atoms with E-state index >= 15 is 0 Å². The summed E-state index contributed by atoms with van der Waals surface area (Å²) in [6, 6.07) is 3.50. The van der Waals surface area contributed by atoms with Gasteiger partial charge in [-0.05, 0) is 49.4 Å². The van der Waals surface area contributed by atoms with Gasteiger partial charge in [0.1, 0.15) is 5.00 Å². The summed E-state index contributed by atoms with van der Waals surface area (Å²) < 4.78 is 5.11. The van der Waals surface area contributed by atoms with E-state index in [-0.39, 0.29) is 13.2 Å². The van der Waals surface area contributed by atoms with Crippen molar-refractivity contribution in [3.8, 4) is 0 Å². The van der Waals surface area contributed by atoms with Crippen molar-refractivity contribution in [2.24, 2.45) is 0 Å². The predicted octanol–water partition coefficient (Wildman–Crippen LogP) is 2.06. The SMILES string of the molecule is CCOC(=O)c1c(NC(=O)C(=O)NCc2ccncc2)sc2c1CCC2. The van der Waals surface area contributed by atoms with Crippen molar-refractivity contribution in [1.82, 2.24) is 10.3 Å². The van der Waals surface area contributed by atoms with E-state index in [0.717, 1.165) is 35.3 Å². The maximum atomic E-state index is 12.3. The standard InChI is InChI=1S/C18H19N3O4S/c1-2-25-18(24)14-12-4-3-5-13(12)26-17(14)21-16(23)15(22)20-10-11-6-8-19-9-7-11/h6-9H,2-5,10H2,1H3,(H,20,22)(H,21,23). The van der Waals surface area contributed by atoms with Crippen molar-refractivity contribution >= 4 is 34.1 Å². The lowest BCUT2D eigenvalue weighted by Gasteiger charge is -2.08. The molecule has 0 aliphatic heterocycles. The van der Waals surface area contributed by atoms with Crippen LogP contribution in [0.1, 0.15) is 39.7 Å². The van der Waals surface area contributed by atoms with E-state index in [1.807, 2.05) is 0 Å². The second-order valence-corrected chi connectivity index (χ2v) is 6.88. The fourth-order valence-electron chi connectivity index (χ4n) is 2.83. The normalized spacial score (nSPS) is 12.3. The molecule has 0 saturated heterocycles. The minimum atomic E-state index is -0.801. The molecule has 26 heavy (non-hydrogen) atoms. The molecule has 2 aromatic rings. The van der Waals surface area contributed by atoms with Crippen LogP contribution < -0.4 is 10.6 Å². The molecule has 136 valence electrons. The molecule has 7 nitrogen and oxygen atoms in total. The second kappa shape index (κ2) is 8.09. The van der Waals surface area contributed by atoms with Gasteiger partial charge in [-0.2, -0.15) is 0 Å². The number of aryl methyl sites for hydroxylation is 1. The molecule has 0 aromatic carbocycles. The summed E-state index contributed by atoms with van der Waals surface area (Å²) in [5.41, 5.74) is 2.16. The Hall–Kier alpha value is -2.74. The van der Waals surface area contributed by atoms with Gasteiger partial charge in [-0.1, -0.05) is 0 Å². The van der Waals surface area contributed by atoms with Gasteiger partial charge in [0.2, 0.25) is 0 Å². The van der Waals surface area contributed by atoms with E-state index in [4.69, 9.17) is 4.74 Å². The minimum Gasteiger partial charge on any atom is -0.462 e. The number of hydrogen-bond acceptors (Lipinski definition) is 6. The Labute approximate surface area is 154 Å². The van der Waals surface area contributed by atoms with Crippen molar-refractivity contribution in [3.63, 3.8) is 0 Å². The van der Waals surface area contributed by atoms with Gasteiger partial charge < -0.3 is 15.4 Å². The molecule has 2 N–H and O–H groups in total. The van der Waals surface area contributed by atoms with E-state index in [9.17, 15) is 14.4 Å². The van der Waals surface area contributed by atoms with Crippen LogP contribution in [0.3, 0.4) is 0 Å². The maximum Gasteiger partial charge on any atom is 0.341 e. The van der Waals surface area contributed by atoms with E-state index in [1.54, 1.807) is 31.5 Å². The van der Waals surface area contributed by atoms with Gasteiger partial charge in [-0.15, -0.1) is 11.3 Å². The average Bonchev–Trinajstić information content (AvgIpc) is 3.21.